The minimum absolute atomic E-state index is 0.115. The van der Waals surface area contributed by atoms with Gasteiger partial charge in [0.05, 0.1) is 17.1 Å². The third-order valence-corrected chi connectivity index (χ3v) is 7.16. The molecule has 1 aliphatic heterocycles. The molecule has 1 aliphatic rings. The Morgan fingerprint density at radius 3 is 2.48 bits per heavy atom. The topological polar surface area (TPSA) is 102 Å². The maximum Gasteiger partial charge on any atom is 0.407 e. The molecule has 3 rings (SSSR count). The Morgan fingerprint density at radius 1 is 1.18 bits per heavy atom. The largest absolute Gasteiger partial charge is 0.445 e. The Balaban J connectivity index is 1.77. The van der Waals surface area contributed by atoms with E-state index in [1.165, 1.54) is 6.07 Å². The van der Waals surface area contributed by atoms with Crippen LogP contribution in [0.2, 0.25) is 0 Å². The molecule has 2 N–H and O–H groups in total. The summed E-state index contributed by atoms with van der Waals surface area (Å²) in [6, 6.07) is 13.6. The molecule has 9 heteroatoms. The van der Waals surface area contributed by atoms with Crippen molar-refractivity contribution in [2.45, 2.75) is 69.3 Å². The fraction of sp³-hybridized carbons (Fsp3) is 0.458. The molecular formula is C24H30BrNO6S. The van der Waals surface area contributed by atoms with E-state index in [0.29, 0.717) is 22.4 Å². The molecule has 0 bridgehead atoms. The zero-order valence-corrected chi connectivity index (χ0v) is 21.1. The number of hydrogen-bond acceptors (Lipinski definition) is 5. The predicted octanol–water partition coefficient (Wildman–Crippen LogP) is 5.13. The number of ether oxygens (including phenoxy) is 2. The van der Waals surface area contributed by atoms with Crippen LogP contribution in [0.1, 0.15) is 44.2 Å². The average molecular weight is 540 g/mol. The van der Waals surface area contributed by atoms with Crippen molar-refractivity contribution in [1.29, 1.82) is 0 Å². The number of halogens is 1. The number of alkyl carbamates (subject to hydrolysis) is 1. The van der Waals surface area contributed by atoms with Gasteiger partial charge < -0.3 is 14.8 Å². The highest BCUT2D eigenvalue weighted by Gasteiger charge is 2.29. The predicted molar refractivity (Wildman–Crippen MR) is 129 cm³/mol. The molecule has 2 aromatic carbocycles. The molecule has 0 aromatic heterocycles. The van der Waals surface area contributed by atoms with Gasteiger partial charge >= 0.3 is 6.09 Å². The summed E-state index contributed by atoms with van der Waals surface area (Å²) in [5.74, 6) is 0.296. The molecule has 2 aromatic rings. The average Bonchev–Trinajstić information content (AvgIpc) is 2.71. The Kier molecular flexibility index (Phi) is 8.92. The molecule has 33 heavy (non-hydrogen) atoms. The first-order valence-corrected chi connectivity index (χ1v) is 13.2. The van der Waals surface area contributed by atoms with E-state index >= 15 is 0 Å². The Morgan fingerprint density at radius 2 is 1.85 bits per heavy atom. The first kappa shape index (κ1) is 25.7. The van der Waals surface area contributed by atoms with Gasteiger partial charge in [0.15, 0.2) is 0 Å². The van der Waals surface area contributed by atoms with Gasteiger partial charge in [-0.25, -0.2) is 4.79 Å². The number of carbonyl (C=O) groups is 1. The molecule has 3 unspecified atom stereocenters. The highest BCUT2D eigenvalue weighted by atomic mass is 79.9. The van der Waals surface area contributed by atoms with Crippen LogP contribution in [0, 0.1) is 5.92 Å². The van der Waals surface area contributed by atoms with Crippen molar-refractivity contribution < 1.29 is 27.2 Å². The second kappa shape index (κ2) is 11.5. The third kappa shape index (κ3) is 8.10. The van der Waals surface area contributed by atoms with Gasteiger partial charge in [0.1, 0.15) is 6.61 Å². The second-order valence-corrected chi connectivity index (χ2v) is 11.0. The molecule has 0 aliphatic carbocycles. The number of rotatable bonds is 8. The van der Waals surface area contributed by atoms with Gasteiger partial charge in [0, 0.05) is 10.5 Å². The molecule has 0 saturated carbocycles. The molecule has 4 atom stereocenters. The van der Waals surface area contributed by atoms with E-state index in [9.17, 15) is 17.8 Å². The zero-order valence-electron chi connectivity index (χ0n) is 18.7. The van der Waals surface area contributed by atoms with Gasteiger partial charge in [0.25, 0.3) is 10.1 Å². The van der Waals surface area contributed by atoms with Crippen molar-refractivity contribution in [2.75, 3.05) is 0 Å². The number of carbonyl (C=O) groups excluding carboxylic acids is 1. The fourth-order valence-corrected chi connectivity index (χ4v) is 5.61. The van der Waals surface area contributed by atoms with Crippen LogP contribution in [-0.4, -0.2) is 37.3 Å². The van der Waals surface area contributed by atoms with Crippen LogP contribution in [0.25, 0.3) is 0 Å². The molecule has 0 spiro atoms. The van der Waals surface area contributed by atoms with Crippen molar-refractivity contribution in [2.24, 2.45) is 5.92 Å². The van der Waals surface area contributed by atoms with E-state index in [0.717, 1.165) is 18.4 Å². The first-order valence-electron chi connectivity index (χ1n) is 11.0. The minimum atomic E-state index is -4.41. The number of benzene rings is 2. The summed E-state index contributed by atoms with van der Waals surface area (Å²) in [7, 11) is -4.41. The lowest BCUT2D eigenvalue weighted by Gasteiger charge is -2.34. The van der Waals surface area contributed by atoms with E-state index in [4.69, 9.17) is 9.47 Å². The lowest BCUT2D eigenvalue weighted by Crippen LogP contribution is -2.40. The third-order valence-electron chi connectivity index (χ3n) is 5.71. The van der Waals surface area contributed by atoms with Crippen LogP contribution in [0.4, 0.5) is 4.79 Å². The first-order chi connectivity index (χ1) is 15.6. The summed E-state index contributed by atoms with van der Waals surface area (Å²) < 4.78 is 45.4. The van der Waals surface area contributed by atoms with E-state index in [1.807, 2.05) is 44.2 Å². The summed E-state index contributed by atoms with van der Waals surface area (Å²) in [4.78, 5) is 12.4. The molecular weight excluding hydrogens is 510 g/mol. The maximum absolute atomic E-state index is 12.6. The Hall–Kier alpha value is -1.94. The van der Waals surface area contributed by atoms with Crippen molar-refractivity contribution in [1.82, 2.24) is 5.32 Å². The fourth-order valence-electron chi connectivity index (χ4n) is 4.49. The highest BCUT2D eigenvalue weighted by molar-refractivity contribution is 9.10. The minimum Gasteiger partial charge on any atom is -0.445 e. The van der Waals surface area contributed by atoms with E-state index in [2.05, 4.69) is 21.2 Å². The maximum atomic E-state index is 12.6. The molecule has 1 heterocycles. The normalized spacial score (nSPS) is 21.9. The monoisotopic (exact) mass is 539 g/mol. The molecule has 7 nitrogen and oxygen atoms in total. The molecule has 1 fully saturated rings. The SMILES string of the molecule is CC1CC(CC(Cc2cc(Br)ccc2S(=O)(=O)O)NC(=O)OCc2ccccc2)C[C@@H](C)O1. The van der Waals surface area contributed by atoms with Crippen molar-refractivity contribution in [3.05, 3.63) is 64.1 Å². The van der Waals surface area contributed by atoms with Crippen LogP contribution < -0.4 is 5.32 Å². The molecule has 1 amide bonds. The Labute approximate surface area is 203 Å². The number of amides is 1. The lowest BCUT2D eigenvalue weighted by molar-refractivity contribution is -0.0548. The standard InChI is InChI=1S/C24H30BrNO6S/c1-16-10-19(11-17(2)32-16)12-22(26-24(27)31-15-18-6-4-3-5-7-18)14-20-13-21(25)8-9-23(20)33(28,29)30/h3-9,13,16-17,19,22H,10-12,14-15H2,1-2H3,(H,26,27)(H,28,29,30)/t16-,17?,19?,22?/m1/s1. The molecule has 0 radical (unpaired) electrons. The van der Waals surface area contributed by atoms with Gasteiger partial charge in [0.2, 0.25) is 0 Å². The number of hydrogen-bond donors (Lipinski definition) is 2. The van der Waals surface area contributed by atoms with Crippen LogP contribution in [-0.2, 0) is 32.6 Å². The summed E-state index contributed by atoms with van der Waals surface area (Å²) in [5.41, 5.74) is 1.30. The van der Waals surface area contributed by atoms with Crippen LogP contribution in [0.5, 0.6) is 0 Å². The molecule has 1 saturated heterocycles. The van der Waals surface area contributed by atoms with Gasteiger partial charge in [-0.2, -0.15) is 8.42 Å². The van der Waals surface area contributed by atoms with E-state index in [1.54, 1.807) is 12.1 Å². The van der Waals surface area contributed by atoms with Crippen LogP contribution >= 0.6 is 15.9 Å². The Bertz CT molecular complexity index is 1040. The van der Waals surface area contributed by atoms with E-state index < -0.39 is 16.2 Å². The van der Waals surface area contributed by atoms with Gasteiger partial charge in [-0.3, -0.25) is 4.55 Å². The highest BCUT2D eigenvalue weighted by Crippen LogP contribution is 2.30. The van der Waals surface area contributed by atoms with Crippen molar-refractivity contribution in [3.8, 4) is 0 Å². The van der Waals surface area contributed by atoms with Gasteiger partial charge in [-0.05, 0) is 74.8 Å². The number of nitrogens with one attached hydrogen (secondary N) is 1. The summed E-state index contributed by atoms with van der Waals surface area (Å²) in [6.07, 6.45) is 2.23. The van der Waals surface area contributed by atoms with Gasteiger partial charge in [-0.15, -0.1) is 0 Å². The van der Waals surface area contributed by atoms with Gasteiger partial charge in [-0.1, -0.05) is 46.3 Å². The van der Waals surface area contributed by atoms with Crippen molar-refractivity contribution in [3.63, 3.8) is 0 Å². The molecule has 180 valence electrons. The van der Waals surface area contributed by atoms with Crippen molar-refractivity contribution >= 4 is 32.1 Å². The second-order valence-electron chi connectivity index (χ2n) is 8.66. The smallest absolute Gasteiger partial charge is 0.407 e. The van der Waals surface area contributed by atoms with E-state index in [-0.39, 0.29) is 36.2 Å². The summed E-state index contributed by atoms with van der Waals surface area (Å²) in [6.45, 7) is 4.20. The quantitative estimate of drug-likeness (QED) is 0.451. The van der Waals surface area contributed by atoms with Crippen LogP contribution in [0.3, 0.4) is 0 Å². The summed E-state index contributed by atoms with van der Waals surface area (Å²) in [5, 5.41) is 2.92. The zero-order chi connectivity index (χ0) is 24.0. The van der Waals surface area contributed by atoms with Crippen LogP contribution in [0.15, 0.2) is 57.9 Å². The lowest BCUT2D eigenvalue weighted by atomic mass is 9.85. The summed E-state index contributed by atoms with van der Waals surface area (Å²) >= 11 is 3.36.